The summed E-state index contributed by atoms with van der Waals surface area (Å²) in [7, 11) is 1.39. The van der Waals surface area contributed by atoms with Crippen molar-refractivity contribution in [2.45, 2.75) is 26.3 Å². The lowest BCUT2D eigenvalue weighted by atomic mass is 10.0. The van der Waals surface area contributed by atoms with Crippen molar-refractivity contribution < 1.29 is 22.6 Å². The highest BCUT2D eigenvalue weighted by Gasteiger charge is 2.22. The summed E-state index contributed by atoms with van der Waals surface area (Å²) in [5.74, 6) is -0.685. The lowest BCUT2D eigenvalue weighted by Crippen LogP contribution is -2.49. The Kier molecular flexibility index (Phi) is 6.41. The molecule has 0 saturated carbocycles. The number of morpholine rings is 1. The minimum atomic E-state index is -2.93. The fraction of sp³-hybridized carbons (Fsp3) is 0.409. The van der Waals surface area contributed by atoms with Crippen molar-refractivity contribution in [3.05, 3.63) is 57.3 Å². The molecule has 1 fully saturated rings. The van der Waals surface area contributed by atoms with Crippen LogP contribution in [0.2, 0.25) is 0 Å². The van der Waals surface area contributed by atoms with Crippen LogP contribution in [0.25, 0.3) is 10.9 Å². The third kappa shape index (κ3) is 4.32. The van der Waals surface area contributed by atoms with Gasteiger partial charge in [0.1, 0.15) is 11.6 Å². The number of hydrogen-bond acceptors (Lipinski definition) is 7. The molecule has 2 aromatic heterocycles. The minimum absolute atomic E-state index is 0.0191. The number of aryl methyl sites for hydroxylation is 1. The van der Waals surface area contributed by atoms with Crippen molar-refractivity contribution >= 4 is 16.7 Å². The number of ether oxygens (including phenoxy) is 2. The van der Waals surface area contributed by atoms with Crippen LogP contribution in [0.3, 0.4) is 0 Å². The van der Waals surface area contributed by atoms with Crippen molar-refractivity contribution in [1.29, 1.82) is 0 Å². The second-order valence-corrected chi connectivity index (χ2v) is 7.71. The van der Waals surface area contributed by atoms with Crippen molar-refractivity contribution in [3.8, 4) is 6.01 Å². The van der Waals surface area contributed by atoms with E-state index in [4.69, 9.17) is 9.47 Å². The molecule has 11 heteroatoms. The predicted octanol–water partition coefficient (Wildman–Crippen LogP) is 3.33. The topological polar surface area (TPSA) is 81.5 Å². The number of nitrogens with zero attached hydrogens (tertiary/aromatic N) is 4. The zero-order valence-corrected chi connectivity index (χ0v) is 18.4. The van der Waals surface area contributed by atoms with Gasteiger partial charge in [0.05, 0.1) is 55.9 Å². The van der Waals surface area contributed by atoms with Crippen molar-refractivity contribution in [2.24, 2.45) is 0 Å². The highest BCUT2D eigenvalue weighted by Crippen LogP contribution is 2.31. The number of pyridine rings is 1. The van der Waals surface area contributed by atoms with E-state index in [0.29, 0.717) is 42.8 Å². The molecule has 8 nitrogen and oxygen atoms in total. The first-order valence-corrected chi connectivity index (χ1v) is 10.5. The number of rotatable bonds is 6. The Morgan fingerprint density at radius 3 is 2.55 bits per heavy atom. The first kappa shape index (κ1) is 22.8. The number of methoxy groups -OCH3 is 1. The second kappa shape index (κ2) is 9.26. The Morgan fingerprint density at radius 1 is 1.18 bits per heavy atom. The molecule has 1 N–H and O–H groups in total. The van der Waals surface area contributed by atoms with Gasteiger partial charge in [-0.15, -0.1) is 0 Å². The van der Waals surface area contributed by atoms with E-state index in [0.717, 1.165) is 6.07 Å². The Balaban J connectivity index is 1.82. The van der Waals surface area contributed by atoms with E-state index >= 15 is 0 Å². The summed E-state index contributed by atoms with van der Waals surface area (Å²) in [5.41, 5.74) is -0.0611. The zero-order valence-electron chi connectivity index (χ0n) is 18.4. The maximum Gasteiger partial charge on any atom is 0.318 e. The molecule has 3 heterocycles. The van der Waals surface area contributed by atoms with E-state index in [1.807, 2.05) is 5.01 Å². The van der Waals surface area contributed by atoms with Crippen LogP contribution in [0.1, 0.15) is 36.1 Å². The minimum Gasteiger partial charge on any atom is -0.467 e. The van der Waals surface area contributed by atoms with E-state index < -0.39 is 23.8 Å². The van der Waals surface area contributed by atoms with Gasteiger partial charge in [-0.3, -0.25) is 4.79 Å². The van der Waals surface area contributed by atoms with Crippen LogP contribution in [0, 0.1) is 12.7 Å². The number of halogens is 3. The van der Waals surface area contributed by atoms with Gasteiger partial charge < -0.3 is 19.8 Å². The zero-order chi connectivity index (χ0) is 23.7. The van der Waals surface area contributed by atoms with Gasteiger partial charge in [0.25, 0.3) is 12.0 Å². The third-order valence-electron chi connectivity index (χ3n) is 5.65. The Labute approximate surface area is 187 Å². The maximum atomic E-state index is 14.7. The number of alkyl halides is 2. The largest absolute Gasteiger partial charge is 0.467 e. The Morgan fingerprint density at radius 2 is 1.88 bits per heavy atom. The van der Waals surface area contributed by atoms with Crippen LogP contribution in [-0.2, 0) is 4.74 Å². The maximum absolute atomic E-state index is 14.7. The second-order valence-electron chi connectivity index (χ2n) is 7.71. The number of nitrogens with one attached hydrogen (secondary N) is 1. The molecular weight excluding hydrogens is 439 g/mol. The Bertz CT molecular complexity index is 1230. The molecule has 3 aromatic rings. The van der Waals surface area contributed by atoms with E-state index in [1.54, 1.807) is 20.0 Å². The van der Waals surface area contributed by atoms with Gasteiger partial charge >= 0.3 is 6.01 Å². The molecule has 0 bridgehead atoms. The van der Waals surface area contributed by atoms with Gasteiger partial charge in [-0.1, -0.05) is 18.2 Å². The summed E-state index contributed by atoms with van der Waals surface area (Å²) in [6, 6.07) is 3.19. The molecule has 0 spiro atoms. The summed E-state index contributed by atoms with van der Waals surface area (Å²) < 4.78 is 53.1. The van der Waals surface area contributed by atoms with Gasteiger partial charge in [-0.2, -0.15) is 9.97 Å². The molecule has 1 aromatic carbocycles. The number of hydrogen-bond donors (Lipinski definition) is 1. The van der Waals surface area contributed by atoms with Crippen LogP contribution in [0.4, 0.5) is 19.0 Å². The molecule has 1 saturated heterocycles. The lowest BCUT2D eigenvalue weighted by Gasteiger charge is -2.30. The molecule has 0 unspecified atom stereocenters. The molecule has 1 aliphatic rings. The monoisotopic (exact) mass is 463 g/mol. The number of benzene rings is 1. The van der Waals surface area contributed by atoms with E-state index in [9.17, 15) is 18.0 Å². The van der Waals surface area contributed by atoms with Crippen molar-refractivity contribution in [3.63, 3.8) is 0 Å². The molecule has 1 aliphatic heterocycles. The van der Waals surface area contributed by atoms with Gasteiger partial charge in [0, 0.05) is 17.3 Å². The standard InChI is InChI=1S/C22H24F3N5O3/c1-12-18-16(11-30(21(12)31)29-7-9-33-10-8-29)20(28-22(27-18)32-3)26-13(2)14-5-4-6-15(17(14)23)19(24)25/h4-6,11,13,19H,7-10H2,1-3H3,(H,26,27,28)/t13-/m1/s1. The van der Waals surface area contributed by atoms with Crippen molar-refractivity contribution in [1.82, 2.24) is 14.6 Å². The highest BCUT2D eigenvalue weighted by molar-refractivity contribution is 5.90. The fourth-order valence-corrected chi connectivity index (χ4v) is 3.85. The summed E-state index contributed by atoms with van der Waals surface area (Å²) in [6.45, 7) is 5.35. The molecule has 0 aliphatic carbocycles. The predicted molar refractivity (Wildman–Crippen MR) is 117 cm³/mol. The molecule has 33 heavy (non-hydrogen) atoms. The van der Waals surface area contributed by atoms with Crippen LogP contribution in [0.15, 0.2) is 29.2 Å². The van der Waals surface area contributed by atoms with E-state index in [-0.39, 0.29) is 23.0 Å². The van der Waals surface area contributed by atoms with Gasteiger partial charge in [0.2, 0.25) is 0 Å². The molecule has 0 amide bonds. The SMILES string of the molecule is COc1nc(N[C@H](C)c2cccc(C(F)F)c2F)c2cn(N3CCOCC3)c(=O)c(C)c2n1. The number of anilines is 1. The molecule has 176 valence electrons. The van der Waals surface area contributed by atoms with E-state index in [1.165, 1.54) is 23.9 Å². The fourth-order valence-electron chi connectivity index (χ4n) is 3.85. The van der Waals surface area contributed by atoms with Gasteiger partial charge in [-0.05, 0) is 13.8 Å². The molecular formula is C22H24F3N5O3. The summed E-state index contributed by atoms with van der Waals surface area (Å²) in [4.78, 5) is 21.7. The van der Waals surface area contributed by atoms with Crippen LogP contribution in [-0.4, -0.2) is 48.1 Å². The van der Waals surface area contributed by atoms with Crippen molar-refractivity contribution in [2.75, 3.05) is 43.7 Å². The average molecular weight is 463 g/mol. The summed E-state index contributed by atoms with van der Waals surface area (Å²) in [5, 5.41) is 5.46. The first-order chi connectivity index (χ1) is 15.8. The quantitative estimate of drug-likeness (QED) is 0.601. The van der Waals surface area contributed by atoms with Gasteiger partial charge in [0.15, 0.2) is 0 Å². The molecule has 0 radical (unpaired) electrons. The first-order valence-electron chi connectivity index (χ1n) is 10.5. The van der Waals surface area contributed by atoms with Gasteiger partial charge in [-0.25, -0.2) is 17.8 Å². The summed E-state index contributed by atoms with van der Waals surface area (Å²) >= 11 is 0. The highest BCUT2D eigenvalue weighted by atomic mass is 19.3. The normalized spacial score (nSPS) is 15.2. The average Bonchev–Trinajstić information content (AvgIpc) is 2.81. The van der Waals surface area contributed by atoms with Crippen LogP contribution in [0.5, 0.6) is 6.01 Å². The summed E-state index contributed by atoms with van der Waals surface area (Å²) in [6.07, 6.45) is -1.31. The van der Waals surface area contributed by atoms with Crippen LogP contribution >= 0.6 is 0 Å². The van der Waals surface area contributed by atoms with Crippen LogP contribution < -0.4 is 20.6 Å². The third-order valence-corrected chi connectivity index (χ3v) is 5.65. The Hall–Kier alpha value is -3.34. The smallest absolute Gasteiger partial charge is 0.318 e. The number of aromatic nitrogens is 3. The molecule has 1 atom stereocenters. The lowest BCUT2D eigenvalue weighted by molar-refractivity contribution is 0.110. The molecule has 4 rings (SSSR count). The van der Waals surface area contributed by atoms with E-state index in [2.05, 4.69) is 15.3 Å². The number of fused-ring (bicyclic) bond motifs is 1.